The van der Waals surface area contributed by atoms with Gasteiger partial charge in [-0.1, -0.05) is 44.2 Å². The number of imidazole rings is 1. The lowest BCUT2D eigenvalue weighted by molar-refractivity contribution is 0.207. The Morgan fingerprint density at radius 2 is 1.81 bits per heavy atom. The largest absolute Gasteiger partial charge is 0.328 e. The molecule has 26 heavy (non-hydrogen) atoms. The van der Waals surface area contributed by atoms with Crippen molar-refractivity contribution in [2.45, 2.75) is 33.4 Å². The molecule has 0 aliphatic rings. The Morgan fingerprint density at radius 3 is 2.35 bits per heavy atom. The molecule has 0 radical (unpaired) electrons. The first kappa shape index (κ1) is 18.4. The third-order valence-corrected chi connectivity index (χ3v) is 5.19. The summed E-state index contributed by atoms with van der Waals surface area (Å²) in [6.07, 6.45) is 3.93. The van der Waals surface area contributed by atoms with E-state index in [-0.39, 0.29) is 0 Å². The normalized spacial score (nSPS) is 12.9. The summed E-state index contributed by atoms with van der Waals surface area (Å²) >= 11 is 0. The quantitative estimate of drug-likeness (QED) is 0.677. The Morgan fingerprint density at radius 1 is 1.12 bits per heavy atom. The van der Waals surface area contributed by atoms with Crippen LogP contribution in [0.2, 0.25) is 0 Å². The molecule has 0 fully saturated rings. The molecule has 5 nitrogen and oxygen atoms in total. The van der Waals surface area contributed by atoms with Gasteiger partial charge in [0, 0.05) is 36.5 Å². The maximum absolute atomic E-state index is 4.79. The highest BCUT2D eigenvalue weighted by atomic mass is 15.3. The highest BCUT2D eigenvalue weighted by Gasteiger charge is 2.23. The van der Waals surface area contributed by atoms with Gasteiger partial charge in [0.05, 0.1) is 23.9 Å². The summed E-state index contributed by atoms with van der Waals surface area (Å²) in [5.74, 6) is 0.551. The lowest BCUT2D eigenvalue weighted by atomic mass is 10.0. The van der Waals surface area contributed by atoms with E-state index >= 15 is 0 Å². The van der Waals surface area contributed by atoms with Crippen molar-refractivity contribution in [3.63, 3.8) is 0 Å². The molecule has 0 saturated heterocycles. The van der Waals surface area contributed by atoms with Crippen molar-refractivity contribution >= 4 is 0 Å². The van der Waals surface area contributed by atoms with Crippen molar-refractivity contribution in [2.24, 2.45) is 13.0 Å². The fourth-order valence-corrected chi connectivity index (χ4v) is 3.51. The first-order chi connectivity index (χ1) is 12.4. The predicted octanol–water partition coefficient (Wildman–Crippen LogP) is 3.85. The molecule has 0 unspecified atom stereocenters. The molecule has 3 rings (SSSR count). The van der Waals surface area contributed by atoms with Crippen LogP contribution in [0.25, 0.3) is 22.5 Å². The average molecular weight is 351 g/mol. The molecule has 3 aromatic rings. The van der Waals surface area contributed by atoms with Gasteiger partial charge >= 0.3 is 0 Å². The zero-order chi connectivity index (χ0) is 18.8. The molecular weight excluding hydrogens is 322 g/mol. The van der Waals surface area contributed by atoms with Crippen LogP contribution in [0.15, 0.2) is 42.9 Å². The zero-order valence-corrected chi connectivity index (χ0v) is 16.6. The number of aromatic nitrogens is 4. The minimum absolute atomic E-state index is 0.434. The van der Waals surface area contributed by atoms with Crippen molar-refractivity contribution in [3.8, 4) is 22.5 Å². The van der Waals surface area contributed by atoms with Crippen molar-refractivity contribution in [3.05, 3.63) is 48.5 Å². The van der Waals surface area contributed by atoms with E-state index in [1.165, 1.54) is 0 Å². The minimum atomic E-state index is 0.434. The van der Waals surface area contributed by atoms with E-state index in [1.807, 2.05) is 30.3 Å². The molecule has 1 atom stereocenters. The Balaban J connectivity index is 2.14. The molecule has 0 N–H and O–H groups in total. The van der Waals surface area contributed by atoms with Gasteiger partial charge < -0.3 is 9.47 Å². The molecule has 1 aromatic carbocycles. The Kier molecular flexibility index (Phi) is 5.28. The van der Waals surface area contributed by atoms with Gasteiger partial charge in [-0.15, -0.1) is 0 Å². The smallest absolute Gasteiger partial charge is 0.0964 e. The minimum Gasteiger partial charge on any atom is -0.328 e. The lowest BCUT2D eigenvalue weighted by Crippen LogP contribution is -2.36. The van der Waals surface area contributed by atoms with Crippen molar-refractivity contribution < 1.29 is 0 Å². The van der Waals surface area contributed by atoms with Crippen LogP contribution in [0, 0.1) is 12.8 Å². The maximum atomic E-state index is 4.79. The van der Waals surface area contributed by atoms with Gasteiger partial charge in [-0.05, 0) is 26.9 Å². The topological polar surface area (TPSA) is 38.9 Å². The monoisotopic (exact) mass is 351 g/mol. The van der Waals surface area contributed by atoms with E-state index in [1.54, 1.807) is 0 Å². The van der Waals surface area contributed by atoms with Crippen molar-refractivity contribution in [1.29, 1.82) is 0 Å². The third kappa shape index (κ3) is 3.44. The summed E-state index contributed by atoms with van der Waals surface area (Å²) in [6, 6.07) is 10.8. The number of hydrogen-bond donors (Lipinski definition) is 0. The number of aryl methyl sites for hydroxylation is 1. The molecule has 5 heteroatoms. The maximum Gasteiger partial charge on any atom is 0.0964 e. The molecule has 0 bridgehead atoms. The summed E-state index contributed by atoms with van der Waals surface area (Å²) in [7, 11) is 6.28. The highest BCUT2D eigenvalue weighted by molar-refractivity contribution is 5.79. The van der Waals surface area contributed by atoms with Gasteiger partial charge in [-0.25, -0.2) is 4.98 Å². The summed E-state index contributed by atoms with van der Waals surface area (Å²) < 4.78 is 4.21. The van der Waals surface area contributed by atoms with Crippen LogP contribution in [0.1, 0.15) is 19.5 Å². The summed E-state index contributed by atoms with van der Waals surface area (Å²) in [6.45, 7) is 7.55. The fourth-order valence-electron chi connectivity index (χ4n) is 3.51. The van der Waals surface area contributed by atoms with E-state index in [2.05, 4.69) is 73.7 Å². The van der Waals surface area contributed by atoms with Crippen molar-refractivity contribution in [2.75, 3.05) is 14.1 Å². The second kappa shape index (κ2) is 7.46. The van der Waals surface area contributed by atoms with Crippen LogP contribution in [-0.4, -0.2) is 44.4 Å². The van der Waals surface area contributed by atoms with Crippen LogP contribution in [0.4, 0.5) is 0 Å². The number of likely N-dealkylation sites (N-methyl/N-ethyl adjacent to an activating group) is 1. The van der Waals surface area contributed by atoms with E-state index in [4.69, 9.17) is 4.98 Å². The molecule has 0 amide bonds. The lowest BCUT2D eigenvalue weighted by Gasteiger charge is -2.29. The Bertz CT molecular complexity index is 850. The van der Waals surface area contributed by atoms with Crippen molar-refractivity contribution in [1.82, 2.24) is 24.2 Å². The zero-order valence-electron chi connectivity index (χ0n) is 16.6. The first-order valence-corrected chi connectivity index (χ1v) is 9.16. The summed E-state index contributed by atoms with van der Waals surface area (Å²) in [5.41, 5.74) is 5.59. The third-order valence-electron chi connectivity index (χ3n) is 5.19. The molecule has 0 aliphatic heterocycles. The van der Waals surface area contributed by atoms with Gasteiger partial charge in [0.25, 0.3) is 0 Å². The second-order valence-corrected chi connectivity index (χ2v) is 7.50. The van der Waals surface area contributed by atoms with Crippen LogP contribution in [-0.2, 0) is 13.6 Å². The van der Waals surface area contributed by atoms with Gasteiger partial charge in [-0.3, -0.25) is 4.68 Å². The van der Waals surface area contributed by atoms with Gasteiger partial charge in [0.2, 0.25) is 0 Å². The highest BCUT2D eigenvalue weighted by Crippen LogP contribution is 2.33. The van der Waals surface area contributed by atoms with Gasteiger partial charge in [-0.2, -0.15) is 5.10 Å². The molecular formula is C21H29N5. The van der Waals surface area contributed by atoms with Gasteiger partial charge in [0.15, 0.2) is 0 Å². The SMILES string of the molecule is Cc1c(-c2c(-c3ccccc3)ncn2C[C@H](C(C)C)N(C)C)cnn1C. The van der Waals surface area contributed by atoms with E-state index in [9.17, 15) is 0 Å². The first-order valence-electron chi connectivity index (χ1n) is 9.16. The number of rotatable bonds is 6. The van der Waals surface area contributed by atoms with Crippen LogP contribution in [0.5, 0.6) is 0 Å². The van der Waals surface area contributed by atoms with E-state index in [0.717, 1.165) is 34.8 Å². The number of hydrogen-bond acceptors (Lipinski definition) is 3. The Labute approximate surface area is 156 Å². The standard InChI is InChI=1S/C21H29N5/c1-15(2)19(24(4)5)13-26-14-22-20(17-10-8-7-9-11-17)21(26)18-12-23-25(6)16(18)3/h7-12,14-15,19H,13H2,1-6H3/t19-/m1/s1. The molecule has 0 aliphatic carbocycles. The second-order valence-electron chi connectivity index (χ2n) is 7.50. The molecule has 2 heterocycles. The van der Waals surface area contributed by atoms with Crippen LogP contribution < -0.4 is 0 Å². The average Bonchev–Trinajstić information content (AvgIpc) is 3.16. The molecule has 0 saturated carbocycles. The number of benzene rings is 1. The van der Waals surface area contributed by atoms with Crippen LogP contribution in [0.3, 0.4) is 0 Å². The summed E-state index contributed by atoms with van der Waals surface area (Å²) in [5, 5.41) is 4.46. The van der Waals surface area contributed by atoms with E-state index in [0.29, 0.717) is 12.0 Å². The number of nitrogens with zero attached hydrogens (tertiary/aromatic N) is 5. The molecule has 0 spiro atoms. The molecule has 2 aromatic heterocycles. The predicted molar refractivity (Wildman–Crippen MR) is 107 cm³/mol. The van der Waals surface area contributed by atoms with E-state index < -0.39 is 0 Å². The Hall–Kier alpha value is -2.40. The molecule has 138 valence electrons. The van der Waals surface area contributed by atoms with Gasteiger partial charge in [0.1, 0.15) is 0 Å². The fraction of sp³-hybridized carbons (Fsp3) is 0.429. The van der Waals surface area contributed by atoms with Crippen LogP contribution >= 0.6 is 0 Å². The summed E-state index contributed by atoms with van der Waals surface area (Å²) in [4.78, 5) is 7.09.